The molecule has 4 rings (SSSR count). The van der Waals surface area contributed by atoms with Gasteiger partial charge in [-0.15, -0.1) is 0 Å². The second kappa shape index (κ2) is 4.03. The number of aromatic nitrogens is 4. The molecule has 3 aromatic heterocycles. The number of pyridine rings is 1. The van der Waals surface area contributed by atoms with E-state index in [9.17, 15) is 0 Å². The van der Waals surface area contributed by atoms with Gasteiger partial charge in [0.25, 0.3) is 0 Å². The Hall–Kier alpha value is -1.94. The minimum absolute atomic E-state index is 0.694. The Balaban J connectivity index is 2.02. The molecule has 1 aliphatic rings. The number of hydrogen-bond acceptors (Lipinski definition) is 3. The van der Waals surface area contributed by atoms with E-state index in [4.69, 9.17) is 16.6 Å². The molecule has 5 heteroatoms. The van der Waals surface area contributed by atoms with Gasteiger partial charge in [0, 0.05) is 17.5 Å². The first kappa shape index (κ1) is 10.9. The van der Waals surface area contributed by atoms with Crippen molar-refractivity contribution in [2.75, 3.05) is 0 Å². The van der Waals surface area contributed by atoms with Crippen LogP contribution in [0.4, 0.5) is 0 Å². The highest BCUT2D eigenvalue weighted by molar-refractivity contribution is 6.30. The van der Waals surface area contributed by atoms with Crippen LogP contribution >= 0.6 is 11.6 Å². The fourth-order valence-electron chi connectivity index (χ4n) is 2.63. The van der Waals surface area contributed by atoms with Crippen LogP contribution in [-0.4, -0.2) is 19.6 Å². The lowest BCUT2D eigenvalue weighted by Gasteiger charge is -2.05. The van der Waals surface area contributed by atoms with Gasteiger partial charge in [0.2, 0.25) is 0 Å². The Morgan fingerprint density at radius 3 is 3.00 bits per heavy atom. The van der Waals surface area contributed by atoms with Gasteiger partial charge in [0.05, 0.1) is 17.5 Å². The van der Waals surface area contributed by atoms with E-state index in [0.29, 0.717) is 5.15 Å². The van der Waals surface area contributed by atoms with E-state index in [-0.39, 0.29) is 0 Å². The van der Waals surface area contributed by atoms with Gasteiger partial charge in [0.1, 0.15) is 5.15 Å². The summed E-state index contributed by atoms with van der Waals surface area (Å²) in [5.74, 6) is 0. The summed E-state index contributed by atoms with van der Waals surface area (Å²) >= 11 is 6.43. The standard InChI is InChI=1S/C14H11ClN4/c15-13-9-4-3-6-12(9)18-14-10(8-17-19(13)14)11-5-1-2-7-16-11/h1-2,5,7-8H,3-4,6H2. The average Bonchev–Trinajstić information content (AvgIpc) is 3.07. The Morgan fingerprint density at radius 1 is 1.21 bits per heavy atom. The summed E-state index contributed by atoms with van der Waals surface area (Å²) in [7, 11) is 0. The number of rotatable bonds is 1. The maximum absolute atomic E-state index is 6.43. The summed E-state index contributed by atoms with van der Waals surface area (Å²) < 4.78 is 1.72. The molecule has 3 heterocycles. The molecule has 1 aliphatic carbocycles. The highest BCUT2D eigenvalue weighted by Crippen LogP contribution is 2.31. The Bertz CT molecular complexity index is 764. The molecule has 0 aromatic carbocycles. The van der Waals surface area contributed by atoms with Gasteiger partial charge in [-0.2, -0.15) is 5.10 Å². The SMILES string of the molecule is Clc1c2c(nc3c(-c4ccccn4)cnn13)CCC2. The summed E-state index contributed by atoms with van der Waals surface area (Å²) in [6.07, 6.45) is 6.67. The second-order valence-electron chi connectivity index (χ2n) is 4.69. The minimum Gasteiger partial charge on any atom is -0.256 e. The van der Waals surface area contributed by atoms with Crippen LogP contribution in [-0.2, 0) is 12.8 Å². The van der Waals surface area contributed by atoms with Crippen molar-refractivity contribution in [3.05, 3.63) is 47.0 Å². The molecule has 0 unspecified atom stereocenters. The molecule has 0 saturated carbocycles. The first-order valence-electron chi connectivity index (χ1n) is 6.31. The molecule has 19 heavy (non-hydrogen) atoms. The largest absolute Gasteiger partial charge is 0.256 e. The first-order chi connectivity index (χ1) is 9.34. The lowest BCUT2D eigenvalue weighted by Crippen LogP contribution is -1.99. The third-order valence-corrected chi connectivity index (χ3v) is 3.94. The topological polar surface area (TPSA) is 43.1 Å². The van der Waals surface area contributed by atoms with Crippen LogP contribution in [0.5, 0.6) is 0 Å². The van der Waals surface area contributed by atoms with Gasteiger partial charge in [-0.25, -0.2) is 9.50 Å². The highest BCUT2D eigenvalue weighted by atomic mass is 35.5. The molecule has 0 saturated heterocycles. The maximum Gasteiger partial charge on any atom is 0.166 e. The van der Waals surface area contributed by atoms with Crippen LogP contribution in [0, 0.1) is 0 Å². The Labute approximate surface area is 115 Å². The summed E-state index contributed by atoms with van der Waals surface area (Å²) in [4.78, 5) is 9.09. The molecule has 4 nitrogen and oxygen atoms in total. The molecule has 0 N–H and O–H groups in total. The number of fused-ring (bicyclic) bond motifs is 2. The summed E-state index contributed by atoms with van der Waals surface area (Å²) in [5.41, 5.74) is 4.85. The van der Waals surface area contributed by atoms with Crippen molar-refractivity contribution in [2.45, 2.75) is 19.3 Å². The second-order valence-corrected chi connectivity index (χ2v) is 5.05. The average molecular weight is 271 g/mol. The van der Waals surface area contributed by atoms with Gasteiger partial charge in [-0.3, -0.25) is 4.98 Å². The van der Waals surface area contributed by atoms with E-state index >= 15 is 0 Å². The zero-order valence-electron chi connectivity index (χ0n) is 10.2. The van der Waals surface area contributed by atoms with E-state index in [2.05, 4.69) is 10.1 Å². The fraction of sp³-hybridized carbons (Fsp3) is 0.214. The molecule has 0 aliphatic heterocycles. The third kappa shape index (κ3) is 1.56. The van der Waals surface area contributed by atoms with Crippen LogP contribution in [0.25, 0.3) is 16.9 Å². The van der Waals surface area contributed by atoms with Crippen LogP contribution in [0.15, 0.2) is 30.6 Å². The summed E-state index contributed by atoms with van der Waals surface area (Å²) in [6, 6.07) is 5.81. The van der Waals surface area contributed by atoms with Crippen molar-refractivity contribution in [1.82, 2.24) is 19.6 Å². The van der Waals surface area contributed by atoms with Gasteiger partial charge in [0.15, 0.2) is 5.65 Å². The van der Waals surface area contributed by atoms with Crippen LogP contribution in [0.3, 0.4) is 0 Å². The van der Waals surface area contributed by atoms with Crippen LogP contribution in [0.1, 0.15) is 17.7 Å². The van der Waals surface area contributed by atoms with Crippen molar-refractivity contribution < 1.29 is 0 Å². The normalized spacial score (nSPS) is 13.9. The summed E-state index contributed by atoms with van der Waals surface area (Å²) in [6.45, 7) is 0. The zero-order chi connectivity index (χ0) is 12.8. The number of nitrogens with zero attached hydrogens (tertiary/aromatic N) is 4. The van der Waals surface area contributed by atoms with Crippen LogP contribution < -0.4 is 0 Å². The molecular weight excluding hydrogens is 260 g/mol. The van der Waals surface area contributed by atoms with Crippen LogP contribution in [0.2, 0.25) is 5.15 Å². The molecule has 3 aromatic rings. The molecule has 0 bridgehead atoms. The lowest BCUT2D eigenvalue weighted by atomic mass is 10.2. The first-order valence-corrected chi connectivity index (χ1v) is 6.69. The van der Waals surface area contributed by atoms with Gasteiger partial charge >= 0.3 is 0 Å². The molecule has 0 atom stereocenters. The Morgan fingerprint density at radius 2 is 2.16 bits per heavy atom. The number of halogens is 1. The summed E-state index contributed by atoms with van der Waals surface area (Å²) in [5, 5.41) is 5.05. The molecule has 94 valence electrons. The van der Waals surface area contributed by atoms with Gasteiger partial charge in [-0.1, -0.05) is 17.7 Å². The van der Waals surface area contributed by atoms with E-state index in [1.54, 1.807) is 16.9 Å². The molecule has 0 amide bonds. The van der Waals surface area contributed by atoms with Crippen molar-refractivity contribution in [1.29, 1.82) is 0 Å². The van der Waals surface area contributed by atoms with Crippen molar-refractivity contribution in [2.24, 2.45) is 0 Å². The third-order valence-electron chi connectivity index (χ3n) is 3.55. The quantitative estimate of drug-likeness (QED) is 0.639. The van der Waals surface area contributed by atoms with Crippen molar-refractivity contribution >= 4 is 17.2 Å². The zero-order valence-corrected chi connectivity index (χ0v) is 10.9. The Kier molecular flexibility index (Phi) is 2.32. The lowest BCUT2D eigenvalue weighted by molar-refractivity contribution is 0.900. The molecule has 0 radical (unpaired) electrons. The minimum atomic E-state index is 0.694. The predicted molar refractivity (Wildman–Crippen MR) is 73.3 cm³/mol. The maximum atomic E-state index is 6.43. The smallest absolute Gasteiger partial charge is 0.166 e. The van der Waals surface area contributed by atoms with E-state index in [1.807, 2.05) is 18.2 Å². The number of aryl methyl sites for hydroxylation is 1. The monoisotopic (exact) mass is 270 g/mol. The predicted octanol–water partition coefficient (Wildman–Crippen LogP) is 2.93. The molecular formula is C14H11ClN4. The van der Waals surface area contributed by atoms with E-state index in [1.165, 1.54) is 0 Å². The van der Waals surface area contributed by atoms with Crippen molar-refractivity contribution in [3.8, 4) is 11.3 Å². The molecule has 0 spiro atoms. The highest BCUT2D eigenvalue weighted by Gasteiger charge is 2.21. The van der Waals surface area contributed by atoms with E-state index in [0.717, 1.165) is 47.4 Å². The van der Waals surface area contributed by atoms with Gasteiger partial charge < -0.3 is 0 Å². The van der Waals surface area contributed by atoms with Crippen molar-refractivity contribution in [3.63, 3.8) is 0 Å². The number of hydrogen-bond donors (Lipinski definition) is 0. The van der Waals surface area contributed by atoms with Gasteiger partial charge in [-0.05, 0) is 31.4 Å². The molecule has 0 fully saturated rings. The van der Waals surface area contributed by atoms with E-state index < -0.39 is 0 Å². The fourth-order valence-corrected chi connectivity index (χ4v) is 2.95.